The van der Waals surface area contributed by atoms with E-state index in [1.165, 1.54) is 11.8 Å². The molecule has 1 heterocycles. The number of benzene rings is 2. The maximum absolute atomic E-state index is 12.4. The number of hydrogen-bond donors (Lipinski definition) is 1. The standard InChI is InChI=1S/C22H24N4O2S/c1-3-14-26-20(15-28-19-12-8-5-9-13-19)24-25-22(26)29-16-21(27)23-17(2)18-10-6-4-7-11-18/h3-13,17H,1,14-16H2,2H3,(H,23,27)/t17-/m0/s1. The van der Waals surface area contributed by atoms with Crippen molar-refractivity contribution in [2.75, 3.05) is 5.75 Å². The number of allylic oxidation sites excluding steroid dienone is 1. The number of para-hydroxylation sites is 1. The van der Waals surface area contributed by atoms with Crippen molar-refractivity contribution in [3.8, 4) is 5.75 Å². The number of rotatable bonds is 10. The number of carbonyl (C=O) groups excluding carboxylic acids is 1. The first kappa shape index (κ1) is 20.7. The Morgan fingerprint density at radius 1 is 1.17 bits per heavy atom. The van der Waals surface area contributed by atoms with Gasteiger partial charge < -0.3 is 10.1 Å². The van der Waals surface area contributed by atoms with E-state index in [1.807, 2.05) is 72.2 Å². The molecule has 6 nitrogen and oxygen atoms in total. The van der Waals surface area contributed by atoms with E-state index >= 15 is 0 Å². The highest BCUT2D eigenvalue weighted by Crippen LogP contribution is 2.19. The summed E-state index contributed by atoms with van der Waals surface area (Å²) in [6, 6.07) is 19.4. The number of nitrogens with zero attached hydrogens (tertiary/aromatic N) is 3. The Morgan fingerprint density at radius 2 is 1.86 bits per heavy atom. The Kier molecular flexibility index (Phi) is 7.47. The Bertz CT molecular complexity index is 929. The molecular weight excluding hydrogens is 384 g/mol. The molecule has 150 valence electrons. The minimum atomic E-state index is -0.0541. The largest absolute Gasteiger partial charge is 0.486 e. The Labute approximate surface area is 175 Å². The highest BCUT2D eigenvalue weighted by Gasteiger charge is 2.15. The van der Waals surface area contributed by atoms with E-state index in [9.17, 15) is 4.79 Å². The summed E-state index contributed by atoms with van der Waals surface area (Å²) >= 11 is 1.35. The maximum atomic E-state index is 12.4. The lowest BCUT2D eigenvalue weighted by Crippen LogP contribution is -2.28. The third kappa shape index (κ3) is 5.96. The third-order valence-electron chi connectivity index (χ3n) is 4.23. The molecule has 1 aromatic heterocycles. The van der Waals surface area contributed by atoms with E-state index in [1.54, 1.807) is 6.08 Å². The minimum Gasteiger partial charge on any atom is -0.486 e. The average Bonchev–Trinajstić information content (AvgIpc) is 3.14. The number of hydrogen-bond acceptors (Lipinski definition) is 5. The topological polar surface area (TPSA) is 69.0 Å². The zero-order valence-corrected chi connectivity index (χ0v) is 17.1. The molecule has 2 aromatic carbocycles. The molecule has 29 heavy (non-hydrogen) atoms. The molecule has 0 radical (unpaired) electrons. The summed E-state index contributed by atoms with van der Waals surface area (Å²) in [5, 5.41) is 12.1. The molecule has 0 fully saturated rings. The summed E-state index contributed by atoms with van der Waals surface area (Å²) in [5.74, 6) is 1.66. The summed E-state index contributed by atoms with van der Waals surface area (Å²) in [4.78, 5) is 12.4. The van der Waals surface area contributed by atoms with Gasteiger partial charge in [-0.1, -0.05) is 66.4 Å². The molecule has 0 aliphatic rings. The van der Waals surface area contributed by atoms with Crippen LogP contribution in [0.5, 0.6) is 5.75 Å². The summed E-state index contributed by atoms with van der Waals surface area (Å²) < 4.78 is 7.68. The van der Waals surface area contributed by atoms with Crippen LogP contribution in [0.1, 0.15) is 24.4 Å². The molecule has 0 bridgehead atoms. The van der Waals surface area contributed by atoms with Gasteiger partial charge in [0, 0.05) is 6.54 Å². The molecule has 1 amide bonds. The number of nitrogens with one attached hydrogen (secondary N) is 1. The van der Waals surface area contributed by atoms with Gasteiger partial charge in [-0.25, -0.2) is 0 Å². The van der Waals surface area contributed by atoms with E-state index < -0.39 is 0 Å². The number of aromatic nitrogens is 3. The Balaban J connectivity index is 1.57. The van der Waals surface area contributed by atoms with E-state index in [0.717, 1.165) is 11.3 Å². The lowest BCUT2D eigenvalue weighted by atomic mass is 10.1. The monoisotopic (exact) mass is 408 g/mol. The van der Waals surface area contributed by atoms with Crippen LogP contribution in [0.4, 0.5) is 0 Å². The highest BCUT2D eigenvalue weighted by atomic mass is 32.2. The van der Waals surface area contributed by atoms with Crippen LogP contribution in [0, 0.1) is 0 Å². The highest BCUT2D eigenvalue weighted by molar-refractivity contribution is 7.99. The molecule has 3 aromatic rings. The summed E-state index contributed by atoms with van der Waals surface area (Å²) in [7, 11) is 0. The molecular formula is C22H24N4O2S. The molecule has 0 aliphatic carbocycles. The molecule has 0 saturated carbocycles. The Hall–Kier alpha value is -3.06. The van der Waals surface area contributed by atoms with Crippen LogP contribution in [0.2, 0.25) is 0 Å². The second-order valence-electron chi connectivity index (χ2n) is 6.39. The SMILES string of the molecule is C=CCn1c(COc2ccccc2)nnc1SCC(=O)N[C@@H](C)c1ccccc1. The van der Waals surface area contributed by atoms with Gasteiger partial charge in [0.05, 0.1) is 11.8 Å². The van der Waals surface area contributed by atoms with Crippen LogP contribution in [-0.2, 0) is 17.9 Å². The van der Waals surface area contributed by atoms with Crippen molar-refractivity contribution in [1.29, 1.82) is 0 Å². The zero-order valence-electron chi connectivity index (χ0n) is 16.3. The number of carbonyl (C=O) groups is 1. The van der Waals surface area contributed by atoms with Gasteiger partial charge in [-0.05, 0) is 24.6 Å². The number of thioether (sulfide) groups is 1. The van der Waals surface area contributed by atoms with Crippen LogP contribution < -0.4 is 10.1 Å². The lowest BCUT2D eigenvalue weighted by Gasteiger charge is -2.14. The van der Waals surface area contributed by atoms with Crippen LogP contribution in [-0.4, -0.2) is 26.4 Å². The van der Waals surface area contributed by atoms with Crippen molar-refractivity contribution in [2.45, 2.75) is 31.3 Å². The van der Waals surface area contributed by atoms with E-state index in [-0.39, 0.29) is 17.7 Å². The van der Waals surface area contributed by atoms with Crippen LogP contribution in [0.3, 0.4) is 0 Å². The van der Waals surface area contributed by atoms with Crippen LogP contribution in [0.25, 0.3) is 0 Å². The lowest BCUT2D eigenvalue weighted by molar-refractivity contribution is -0.119. The maximum Gasteiger partial charge on any atom is 0.230 e. The van der Waals surface area contributed by atoms with Gasteiger partial charge in [0.1, 0.15) is 12.4 Å². The molecule has 0 saturated heterocycles. The van der Waals surface area contributed by atoms with Crippen LogP contribution >= 0.6 is 11.8 Å². The van der Waals surface area contributed by atoms with Crippen molar-refractivity contribution in [1.82, 2.24) is 20.1 Å². The molecule has 1 N–H and O–H groups in total. The molecule has 1 atom stereocenters. The predicted molar refractivity (Wildman–Crippen MR) is 115 cm³/mol. The number of amides is 1. The Morgan fingerprint density at radius 3 is 2.55 bits per heavy atom. The first-order valence-electron chi connectivity index (χ1n) is 9.35. The summed E-state index contributed by atoms with van der Waals surface area (Å²) in [5.41, 5.74) is 1.07. The molecule has 0 unspecified atom stereocenters. The quantitative estimate of drug-likeness (QED) is 0.405. The predicted octanol–water partition coefficient (Wildman–Crippen LogP) is 4.01. The fourth-order valence-corrected chi connectivity index (χ4v) is 3.53. The fourth-order valence-electron chi connectivity index (χ4n) is 2.75. The normalized spacial score (nSPS) is 11.6. The first-order chi connectivity index (χ1) is 14.2. The second-order valence-corrected chi connectivity index (χ2v) is 7.33. The van der Waals surface area contributed by atoms with Crippen molar-refractivity contribution in [3.05, 3.63) is 84.7 Å². The van der Waals surface area contributed by atoms with Gasteiger partial charge in [-0.15, -0.1) is 16.8 Å². The van der Waals surface area contributed by atoms with E-state index in [0.29, 0.717) is 24.1 Å². The minimum absolute atomic E-state index is 0.0508. The van der Waals surface area contributed by atoms with Gasteiger partial charge in [-0.3, -0.25) is 9.36 Å². The summed E-state index contributed by atoms with van der Waals surface area (Å²) in [6.07, 6.45) is 1.77. The van der Waals surface area contributed by atoms with Gasteiger partial charge in [0.25, 0.3) is 0 Å². The van der Waals surface area contributed by atoms with Gasteiger partial charge >= 0.3 is 0 Å². The van der Waals surface area contributed by atoms with E-state index in [2.05, 4.69) is 22.1 Å². The van der Waals surface area contributed by atoms with Crippen molar-refractivity contribution >= 4 is 17.7 Å². The average molecular weight is 409 g/mol. The van der Waals surface area contributed by atoms with Crippen molar-refractivity contribution in [2.24, 2.45) is 0 Å². The fraction of sp³-hybridized carbons (Fsp3) is 0.227. The molecule has 0 spiro atoms. The zero-order chi connectivity index (χ0) is 20.5. The third-order valence-corrected chi connectivity index (χ3v) is 5.19. The van der Waals surface area contributed by atoms with E-state index in [4.69, 9.17) is 4.74 Å². The van der Waals surface area contributed by atoms with Gasteiger partial charge in [0.2, 0.25) is 5.91 Å². The van der Waals surface area contributed by atoms with Gasteiger partial charge in [-0.2, -0.15) is 0 Å². The first-order valence-corrected chi connectivity index (χ1v) is 10.3. The molecule has 7 heteroatoms. The molecule has 3 rings (SSSR count). The van der Waals surface area contributed by atoms with Gasteiger partial charge in [0.15, 0.2) is 11.0 Å². The smallest absolute Gasteiger partial charge is 0.230 e. The second kappa shape index (κ2) is 10.5. The number of ether oxygens (including phenoxy) is 1. The molecule has 0 aliphatic heterocycles. The summed E-state index contributed by atoms with van der Waals surface area (Å²) in [6.45, 7) is 6.61. The van der Waals surface area contributed by atoms with Crippen molar-refractivity contribution in [3.63, 3.8) is 0 Å². The van der Waals surface area contributed by atoms with Crippen LogP contribution in [0.15, 0.2) is 78.5 Å². The van der Waals surface area contributed by atoms with Crippen molar-refractivity contribution < 1.29 is 9.53 Å².